The molecule has 1 N–H and O–H groups in total. The molecule has 1 amide bonds. The van der Waals surface area contributed by atoms with Gasteiger partial charge in [-0.15, -0.1) is 0 Å². The van der Waals surface area contributed by atoms with Crippen LogP contribution < -0.4 is 9.64 Å². The summed E-state index contributed by atoms with van der Waals surface area (Å²) in [6.45, 7) is 7.91. The smallest absolute Gasteiger partial charge is 0.301 e. The highest BCUT2D eigenvalue weighted by atomic mass is 32.1. The molecule has 4 aromatic rings. The maximum Gasteiger partial charge on any atom is 0.301 e. The summed E-state index contributed by atoms with van der Waals surface area (Å²) in [7, 11) is 0. The molecule has 2 heterocycles. The summed E-state index contributed by atoms with van der Waals surface area (Å²) >= 11 is 1.34. The number of ketones is 1. The first kappa shape index (κ1) is 23.5. The van der Waals surface area contributed by atoms with E-state index >= 15 is 0 Å². The second kappa shape index (κ2) is 9.43. The summed E-state index contributed by atoms with van der Waals surface area (Å²) in [4.78, 5) is 32.9. The highest BCUT2D eigenvalue weighted by Crippen LogP contribution is 2.44. The molecule has 36 heavy (non-hydrogen) atoms. The predicted octanol–water partition coefficient (Wildman–Crippen LogP) is 6.10. The Labute approximate surface area is 212 Å². The first-order chi connectivity index (χ1) is 17.4. The monoisotopic (exact) mass is 496 g/mol. The molecule has 1 aliphatic heterocycles. The van der Waals surface area contributed by atoms with Crippen molar-refractivity contribution in [2.45, 2.75) is 19.9 Å². The van der Waals surface area contributed by atoms with Crippen LogP contribution in [-0.2, 0) is 9.59 Å². The number of carbonyl (C=O) groups is 2. The van der Waals surface area contributed by atoms with Crippen molar-refractivity contribution in [3.63, 3.8) is 0 Å². The molecule has 5 rings (SSSR count). The van der Waals surface area contributed by atoms with E-state index in [0.29, 0.717) is 28.6 Å². The van der Waals surface area contributed by atoms with Crippen molar-refractivity contribution >= 4 is 44.1 Å². The molecule has 7 heteroatoms. The molecular weight excluding hydrogens is 472 g/mol. The van der Waals surface area contributed by atoms with Crippen LogP contribution in [0, 0.1) is 13.8 Å². The molecule has 1 atom stereocenters. The first-order valence-corrected chi connectivity index (χ1v) is 12.3. The minimum Gasteiger partial charge on any atom is -0.507 e. The van der Waals surface area contributed by atoms with Gasteiger partial charge in [-0.25, -0.2) is 4.98 Å². The zero-order valence-electron chi connectivity index (χ0n) is 19.9. The molecule has 180 valence electrons. The topological polar surface area (TPSA) is 79.7 Å². The predicted molar refractivity (Wildman–Crippen MR) is 142 cm³/mol. The van der Waals surface area contributed by atoms with Crippen LogP contribution in [-0.4, -0.2) is 28.4 Å². The van der Waals surface area contributed by atoms with Crippen molar-refractivity contribution in [2.24, 2.45) is 0 Å². The number of amides is 1. The number of anilines is 1. The molecule has 0 spiro atoms. The van der Waals surface area contributed by atoms with Crippen LogP contribution in [0.25, 0.3) is 16.0 Å². The van der Waals surface area contributed by atoms with Gasteiger partial charge in [0.2, 0.25) is 0 Å². The summed E-state index contributed by atoms with van der Waals surface area (Å²) in [5.74, 6) is -1.16. The van der Waals surface area contributed by atoms with E-state index in [-0.39, 0.29) is 11.3 Å². The fourth-order valence-electron chi connectivity index (χ4n) is 4.26. The Morgan fingerprint density at radius 2 is 1.83 bits per heavy atom. The van der Waals surface area contributed by atoms with Crippen molar-refractivity contribution in [2.75, 3.05) is 11.5 Å². The highest BCUT2D eigenvalue weighted by molar-refractivity contribution is 7.22. The van der Waals surface area contributed by atoms with Crippen molar-refractivity contribution in [1.82, 2.24) is 4.98 Å². The number of benzene rings is 3. The van der Waals surface area contributed by atoms with Crippen molar-refractivity contribution < 1.29 is 19.4 Å². The van der Waals surface area contributed by atoms with E-state index < -0.39 is 17.7 Å². The van der Waals surface area contributed by atoms with Crippen molar-refractivity contribution in [3.05, 3.63) is 107 Å². The van der Waals surface area contributed by atoms with Crippen molar-refractivity contribution in [1.29, 1.82) is 0 Å². The third-order valence-corrected chi connectivity index (χ3v) is 7.07. The average molecular weight is 497 g/mol. The first-order valence-electron chi connectivity index (χ1n) is 11.5. The number of nitrogens with zero attached hydrogens (tertiary/aromatic N) is 2. The number of ether oxygens (including phenoxy) is 1. The number of aliphatic hydroxyl groups excluding tert-OH is 1. The fraction of sp³-hybridized carbons (Fsp3) is 0.138. The zero-order chi connectivity index (χ0) is 25.4. The summed E-state index contributed by atoms with van der Waals surface area (Å²) in [6.07, 6.45) is 1.64. The number of thiazole rings is 1. The van der Waals surface area contributed by atoms with Gasteiger partial charge in [-0.1, -0.05) is 72.0 Å². The lowest BCUT2D eigenvalue weighted by atomic mass is 9.95. The maximum atomic E-state index is 13.4. The highest BCUT2D eigenvalue weighted by Gasteiger charge is 2.48. The number of fused-ring (bicyclic) bond motifs is 1. The SMILES string of the molecule is C=CCOc1cccc(C2/C(=C(\O)c3ccc(C)cc3)C(=O)C(=O)N2c2nc3ccc(C)cc3s2)c1. The summed E-state index contributed by atoms with van der Waals surface area (Å²) < 4.78 is 6.62. The Kier molecular flexibility index (Phi) is 6.16. The number of hydrogen-bond donors (Lipinski definition) is 1. The van der Waals surface area contributed by atoms with Gasteiger partial charge in [0.15, 0.2) is 5.13 Å². The summed E-state index contributed by atoms with van der Waals surface area (Å²) in [5.41, 5.74) is 3.92. The number of rotatable bonds is 6. The molecule has 1 fully saturated rings. The fourth-order valence-corrected chi connectivity index (χ4v) is 5.35. The number of Topliss-reactive ketones (excluding diaryl/α,β-unsaturated/α-hetero) is 1. The lowest BCUT2D eigenvalue weighted by Gasteiger charge is -2.23. The van der Waals surface area contributed by atoms with Gasteiger partial charge in [-0.2, -0.15) is 0 Å². The van der Waals surface area contributed by atoms with Crippen LogP contribution in [0.2, 0.25) is 0 Å². The Morgan fingerprint density at radius 1 is 1.08 bits per heavy atom. The molecule has 3 aromatic carbocycles. The number of carbonyl (C=O) groups excluding carboxylic acids is 2. The van der Waals surface area contributed by atoms with E-state index in [1.165, 1.54) is 16.2 Å². The molecule has 0 aliphatic carbocycles. The van der Waals surface area contributed by atoms with Crippen LogP contribution >= 0.6 is 11.3 Å². The molecule has 0 bridgehead atoms. The molecule has 0 radical (unpaired) electrons. The Morgan fingerprint density at radius 3 is 2.58 bits per heavy atom. The van der Waals surface area contributed by atoms with Crippen LogP contribution in [0.3, 0.4) is 0 Å². The third kappa shape index (κ3) is 4.18. The normalized spacial score (nSPS) is 17.1. The van der Waals surface area contributed by atoms with Gasteiger partial charge < -0.3 is 9.84 Å². The summed E-state index contributed by atoms with van der Waals surface area (Å²) in [6, 6.07) is 19.3. The van der Waals surface area contributed by atoms with Crippen molar-refractivity contribution in [3.8, 4) is 5.75 Å². The van der Waals surface area contributed by atoms with Gasteiger partial charge in [0.1, 0.15) is 18.1 Å². The summed E-state index contributed by atoms with van der Waals surface area (Å²) in [5, 5.41) is 11.7. The van der Waals surface area contributed by atoms with Gasteiger partial charge in [-0.3, -0.25) is 14.5 Å². The Hall–Kier alpha value is -4.23. The number of hydrogen-bond acceptors (Lipinski definition) is 6. The van der Waals surface area contributed by atoms with Gasteiger partial charge in [-0.05, 0) is 49.2 Å². The van der Waals surface area contributed by atoms with E-state index in [4.69, 9.17) is 4.74 Å². The van der Waals surface area contributed by atoms with Crippen LogP contribution in [0.5, 0.6) is 5.75 Å². The second-order valence-corrected chi connectivity index (χ2v) is 9.68. The van der Waals surface area contributed by atoms with E-state index in [2.05, 4.69) is 11.6 Å². The number of aromatic nitrogens is 1. The van der Waals surface area contributed by atoms with Crippen LogP contribution in [0.1, 0.15) is 28.3 Å². The number of aryl methyl sites for hydroxylation is 2. The molecule has 1 aromatic heterocycles. The number of aliphatic hydroxyl groups is 1. The second-order valence-electron chi connectivity index (χ2n) is 8.67. The Bertz CT molecular complexity index is 1530. The van der Waals surface area contributed by atoms with E-state index in [0.717, 1.165) is 21.3 Å². The van der Waals surface area contributed by atoms with Gasteiger partial charge in [0.05, 0.1) is 21.8 Å². The molecule has 0 saturated carbocycles. The minimum atomic E-state index is -0.875. The van der Waals surface area contributed by atoms with Crippen LogP contribution in [0.4, 0.5) is 5.13 Å². The van der Waals surface area contributed by atoms with E-state index in [1.807, 2.05) is 50.2 Å². The Balaban J connectivity index is 1.71. The maximum absolute atomic E-state index is 13.4. The van der Waals surface area contributed by atoms with E-state index in [1.54, 1.807) is 36.4 Å². The van der Waals surface area contributed by atoms with Crippen LogP contribution in [0.15, 0.2) is 85.0 Å². The molecular formula is C29H24N2O4S. The molecule has 6 nitrogen and oxygen atoms in total. The standard InChI is InChI=1S/C29H24N2O4S/c1-4-14-35-21-7-5-6-20(16-21)25-24(26(32)19-11-8-17(2)9-12-19)27(33)28(34)31(25)29-30-22-13-10-18(3)15-23(22)36-29/h4-13,15-16,25,32H,1,14H2,2-3H3/b26-24+. The largest absolute Gasteiger partial charge is 0.507 e. The quantitative estimate of drug-likeness (QED) is 0.151. The van der Waals surface area contributed by atoms with E-state index in [9.17, 15) is 14.7 Å². The molecule has 1 aliphatic rings. The molecule has 1 unspecified atom stereocenters. The van der Waals surface area contributed by atoms with Gasteiger partial charge >= 0.3 is 5.91 Å². The lowest BCUT2D eigenvalue weighted by molar-refractivity contribution is -0.132. The average Bonchev–Trinajstić information content (AvgIpc) is 3.40. The zero-order valence-corrected chi connectivity index (χ0v) is 20.7. The van der Waals surface area contributed by atoms with Gasteiger partial charge in [0, 0.05) is 5.56 Å². The lowest BCUT2D eigenvalue weighted by Crippen LogP contribution is -2.29. The third-order valence-electron chi connectivity index (χ3n) is 6.05. The minimum absolute atomic E-state index is 0.0140. The van der Waals surface area contributed by atoms with Gasteiger partial charge in [0.25, 0.3) is 5.78 Å². The molecule has 1 saturated heterocycles.